The molecule has 0 bridgehead atoms. The summed E-state index contributed by atoms with van der Waals surface area (Å²) in [4.78, 5) is 179. The first-order chi connectivity index (χ1) is 42.5. The molecule has 17 N–H and O–H groups in total. The number of carbonyl (C=O) groups is 13. The first kappa shape index (κ1) is 70.3. The first-order valence-corrected chi connectivity index (χ1v) is 29.4. The van der Waals surface area contributed by atoms with E-state index in [1.165, 1.54) is 24.3 Å². The van der Waals surface area contributed by atoms with Crippen LogP contribution in [0.4, 0.5) is 4.79 Å². The molecule has 3 aromatic rings. The smallest absolute Gasteiger partial charge is 0.407 e. The monoisotopic (exact) mass is 1240 g/mol. The van der Waals surface area contributed by atoms with E-state index >= 15 is 9.59 Å². The Morgan fingerprint density at radius 2 is 1.09 bits per heavy atom. The van der Waals surface area contributed by atoms with Crippen molar-refractivity contribution in [1.82, 2.24) is 47.4 Å². The van der Waals surface area contributed by atoms with Crippen molar-refractivity contribution in [2.75, 3.05) is 32.9 Å². The van der Waals surface area contributed by atoms with Gasteiger partial charge in [-0.05, 0) is 46.4 Å². The van der Waals surface area contributed by atoms with Gasteiger partial charge in [0, 0.05) is 18.9 Å². The van der Waals surface area contributed by atoms with E-state index in [1.807, 2.05) is 53.8 Å². The number of aromatic hydroxyl groups is 1. The molecule has 1 aliphatic carbocycles. The number of phenols is 1. The number of aliphatic hydroxyl groups excluding tert-OH is 2. The van der Waals surface area contributed by atoms with Crippen LogP contribution < -0.4 is 59.7 Å². The molecule has 1 fully saturated rings. The maximum absolute atomic E-state index is 15.2. The van der Waals surface area contributed by atoms with E-state index in [4.69, 9.17) is 21.9 Å². The Morgan fingerprint density at radius 3 is 1.65 bits per heavy atom. The Kier molecular flexibility index (Phi) is 27.9. The molecule has 2 aliphatic rings. The molecule has 0 unspecified atom stereocenters. The number of ether oxygens (including phenoxy) is 1. The van der Waals surface area contributed by atoms with Gasteiger partial charge in [0.25, 0.3) is 5.91 Å². The molecule has 89 heavy (non-hydrogen) atoms. The van der Waals surface area contributed by atoms with Gasteiger partial charge < -0.3 is 79.8 Å². The van der Waals surface area contributed by atoms with Crippen LogP contribution in [0.25, 0.3) is 11.1 Å². The number of aliphatic hydroxyl groups is 2. The lowest BCUT2D eigenvalue weighted by atomic mass is 9.98. The SMILES string of the molecule is CCCCCCCCCCCCNC(=O)[C@H](CC(=O)N1C(=O)[C@H](CC(N)=O)NC(=O)[C@H](CO)NC(=O)[C@H](CC(N)=O)NC(=O)CNC(=O)[C@@H](CC(N)=O)NC(=O)[C@@H](Cc2ccc(O)cc2)NC(=O)[C@H]1CO)NC(=O)OCC1c2ccccc2-c2ccccc21. The molecule has 1 saturated heterocycles. The second kappa shape index (κ2) is 35.3. The van der Waals surface area contributed by atoms with E-state index in [2.05, 4.69) is 44.1 Å². The number of unbranched alkanes of at least 4 members (excludes halogenated alkanes) is 9. The summed E-state index contributed by atoms with van der Waals surface area (Å²) >= 11 is 0. The summed E-state index contributed by atoms with van der Waals surface area (Å²) in [5, 5.41) is 49.6. The summed E-state index contributed by atoms with van der Waals surface area (Å²) in [6.45, 7) is -1.92. The molecule has 29 nitrogen and oxygen atoms in total. The van der Waals surface area contributed by atoms with Crippen molar-refractivity contribution in [1.29, 1.82) is 0 Å². The Balaban J connectivity index is 1.57. The molecule has 1 heterocycles. The number of nitrogens with two attached hydrogens (primary N) is 3. The lowest BCUT2D eigenvalue weighted by Crippen LogP contribution is -2.64. The van der Waals surface area contributed by atoms with Crippen LogP contribution in [0, 0.1) is 0 Å². The molecule has 1 aliphatic heterocycles. The number of imide groups is 1. The van der Waals surface area contributed by atoms with Crippen molar-refractivity contribution in [3.8, 4) is 16.9 Å². The summed E-state index contributed by atoms with van der Waals surface area (Å²) in [6, 6.07) is 5.23. The van der Waals surface area contributed by atoms with E-state index in [-0.39, 0.29) is 29.4 Å². The minimum absolute atomic E-state index is 0.0358. The van der Waals surface area contributed by atoms with Crippen LogP contribution in [-0.2, 0) is 68.7 Å². The lowest BCUT2D eigenvalue weighted by molar-refractivity contribution is -0.157. The minimum Gasteiger partial charge on any atom is -0.508 e. The summed E-state index contributed by atoms with van der Waals surface area (Å²) in [6.07, 6.45) is 3.52. The van der Waals surface area contributed by atoms with Crippen molar-refractivity contribution in [3.05, 3.63) is 89.5 Å². The van der Waals surface area contributed by atoms with Gasteiger partial charge >= 0.3 is 6.09 Å². The van der Waals surface area contributed by atoms with Crippen molar-refractivity contribution >= 4 is 77.0 Å². The van der Waals surface area contributed by atoms with Crippen LogP contribution in [0.5, 0.6) is 5.75 Å². The number of nitrogens with one attached hydrogen (secondary N) is 8. The molecule has 5 rings (SSSR count). The summed E-state index contributed by atoms with van der Waals surface area (Å²) in [5.41, 5.74) is 20.0. The largest absolute Gasteiger partial charge is 0.508 e. The van der Waals surface area contributed by atoms with Crippen molar-refractivity contribution < 1.29 is 82.4 Å². The molecule has 482 valence electrons. The van der Waals surface area contributed by atoms with E-state index in [0.717, 1.165) is 73.6 Å². The topological polar surface area (TPSA) is 469 Å². The number of rotatable bonds is 27. The van der Waals surface area contributed by atoms with Gasteiger partial charge in [-0.15, -0.1) is 0 Å². The predicted octanol–water partition coefficient (Wildman–Crippen LogP) is -1.84. The van der Waals surface area contributed by atoms with Crippen LogP contribution in [0.1, 0.15) is 119 Å². The van der Waals surface area contributed by atoms with Gasteiger partial charge in [-0.2, -0.15) is 0 Å². The fourth-order valence-corrected chi connectivity index (χ4v) is 10.2. The summed E-state index contributed by atoms with van der Waals surface area (Å²) in [7, 11) is 0. The van der Waals surface area contributed by atoms with Gasteiger partial charge in [0.05, 0.1) is 45.4 Å². The maximum Gasteiger partial charge on any atom is 0.407 e. The zero-order valence-corrected chi connectivity index (χ0v) is 49.4. The number of primary amides is 3. The third-order valence-electron chi connectivity index (χ3n) is 14.8. The number of fused-ring (bicyclic) bond motifs is 3. The van der Waals surface area contributed by atoms with E-state index < -0.39 is 177 Å². The third kappa shape index (κ3) is 21.7. The first-order valence-electron chi connectivity index (χ1n) is 29.4. The van der Waals surface area contributed by atoms with Gasteiger partial charge in [0.1, 0.15) is 54.6 Å². The average molecular weight is 1240 g/mol. The second-order valence-electron chi connectivity index (χ2n) is 21.6. The zero-order chi connectivity index (χ0) is 65.2. The van der Waals surface area contributed by atoms with Gasteiger partial charge in [-0.25, -0.2) is 4.79 Å². The minimum atomic E-state index is -2.50. The lowest BCUT2D eigenvalue weighted by Gasteiger charge is -2.33. The van der Waals surface area contributed by atoms with Crippen LogP contribution >= 0.6 is 0 Å². The predicted molar refractivity (Wildman–Crippen MR) is 317 cm³/mol. The second-order valence-corrected chi connectivity index (χ2v) is 21.6. The zero-order valence-electron chi connectivity index (χ0n) is 49.4. The Morgan fingerprint density at radius 1 is 0.596 bits per heavy atom. The Bertz CT molecular complexity index is 2990. The molecule has 3 aromatic carbocycles. The highest BCUT2D eigenvalue weighted by molar-refractivity contribution is 6.07. The molecule has 0 spiro atoms. The molecule has 29 heteroatoms. The van der Waals surface area contributed by atoms with Crippen LogP contribution in [-0.4, -0.2) is 172 Å². The number of carbonyl (C=O) groups excluding carboxylic acids is 13. The van der Waals surface area contributed by atoms with Crippen LogP contribution in [0.2, 0.25) is 0 Å². The number of phenolic OH excluding ortho intramolecular Hbond substituents is 1. The maximum atomic E-state index is 15.2. The van der Waals surface area contributed by atoms with Crippen molar-refractivity contribution in [2.24, 2.45) is 17.2 Å². The van der Waals surface area contributed by atoms with Gasteiger partial charge in [-0.3, -0.25) is 62.4 Å². The van der Waals surface area contributed by atoms with Gasteiger partial charge in [0.2, 0.25) is 65.0 Å². The van der Waals surface area contributed by atoms with Crippen molar-refractivity contribution in [2.45, 2.75) is 151 Å². The molecular weight excluding hydrogens is 1160 g/mol. The number of benzene rings is 3. The molecule has 0 radical (unpaired) electrons. The highest BCUT2D eigenvalue weighted by atomic mass is 16.5. The normalized spacial score (nSPS) is 19.9. The number of amides is 13. The molecule has 0 aromatic heterocycles. The van der Waals surface area contributed by atoms with Gasteiger partial charge in [-0.1, -0.05) is 125 Å². The summed E-state index contributed by atoms with van der Waals surface area (Å²) in [5.74, 6) is -16.8. The van der Waals surface area contributed by atoms with Crippen LogP contribution in [0.3, 0.4) is 0 Å². The van der Waals surface area contributed by atoms with E-state index in [0.29, 0.717) is 12.8 Å². The Hall–Kier alpha value is -9.51. The number of hydrogen-bond donors (Lipinski definition) is 14. The molecule has 13 amide bonds. The highest BCUT2D eigenvalue weighted by Crippen LogP contribution is 2.44. The molecule has 0 saturated carbocycles. The van der Waals surface area contributed by atoms with Gasteiger partial charge in [0.15, 0.2) is 0 Å². The number of alkyl carbamates (subject to hydrolysis) is 1. The quantitative estimate of drug-likeness (QED) is 0.0373. The highest BCUT2D eigenvalue weighted by Gasteiger charge is 2.43. The average Bonchev–Trinajstić information content (AvgIpc) is 1.67. The number of nitrogens with zero attached hydrogens (tertiary/aromatic N) is 1. The standard InChI is InChI=1S/C60H80N12O17/c1-2-3-4-5-6-7-8-9-10-15-24-64-53(81)44(71-60(88)89-33-40-38-18-13-11-16-36(38)37-17-12-14-19-39(37)40)29-52(80)72-47(32-74)58(86)68-41(25-34-20-22-35(75)23-21-34)55(83)67-42(26-48(61)76)54(82)65-30-51(79)66-43(27-49(62)77)56(84)70-46(31-73)57(85)69-45(59(72)87)28-50(63)78/h11-14,16-23,40-47,73-75H,2-10,15,24-33H2,1H3,(H2,61,76)(H2,62,77)(H2,63,78)(H,64,81)(H,65,82)(H,66,79)(H,67,83)(H,68,86)(H,69,85)(H,70,84)(H,71,88)/t41-,42-,43+,44+,45+,46+,47-/m1/s1. The fraction of sp³-hybridized carbons (Fsp3) is 0.483. The van der Waals surface area contributed by atoms with Crippen molar-refractivity contribution in [3.63, 3.8) is 0 Å². The Labute approximate surface area is 513 Å². The summed E-state index contributed by atoms with van der Waals surface area (Å²) < 4.78 is 5.73. The third-order valence-corrected chi connectivity index (χ3v) is 14.8. The van der Waals surface area contributed by atoms with E-state index in [1.54, 1.807) is 0 Å². The van der Waals surface area contributed by atoms with Crippen LogP contribution in [0.15, 0.2) is 72.8 Å². The fourth-order valence-electron chi connectivity index (χ4n) is 10.2. The number of hydrogen-bond acceptors (Lipinski definition) is 17. The molecular formula is C60H80N12O17. The van der Waals surface area contributed by atoms with E-state index in [9.17, 15) is 68.1 Å². The molecule has 7 atom stereocenters.